The summed E-state index contributed by atoms with van der Waals surface area (Å²) in [5.74, 6) is 0. The maximum Gasteiger partial charge on any atom is 0.416 e. The highest BCUT2D eigenvalue weighted by atomic mass is 19.4. The number of aliphatic hydroxyl groups is 1. The molecule has 1 aliphatic heterocycles. The van der Waals surface area contributed by atoms with Gasteiger partial charge in [0.15, 0.2) is 0 Å². The van der Waals surface area contributed by atoms with Crippen molar-refractivity contribution in [2.45, 2.75) is 24.7 Å². The first-order valence-electron chi connectivity index (χ1n) is 5.05. The molecule has 2 nitrogen and oxygen atoms in total. The molecule has 2 N–H and O–H groups in total. The molecule has 0 amide bonds. The molecule has 0 aliphatic carbocycles. The van der Waals surface area contributed by atoms with Crippen LogP contribution in [0.15, 0.2) is 24.3 Å². The van der Waals surface area contributed by atoms with Gasteiger partial charge in [-0.25, -0.2) is 0 Å². The van der Waals surface area contributed by atoms with Crippen molar-refractivity contribution < 1.29 is 18.3 Å². The van der Waals surface area contributed by atoms with Gasteiger partial charge in [0.25, 0.3) is 0 Å². The van der Waals surface area contributed by atoms with Gasteiger partial charge < -0.3 is 10.4 Å². The van der Waals surface area contributed by atoms with Gasteiger partial charge in [-0.3, -0.25) is 0 Å². The van der Waals surface area contributed by atoms with Crippen molar-refractivity contribution in [3.05, 3.63) is 35.4 Å². The van der Waals surface area contributed by atoms with Crippen LogP contribution >= 0.6 is 0 Å². The topological polar surface area (TPSA) is 32.3 Å². The third-order valence-corrected chi connectivity index (χ3v) is 2.72. The molecule has 0 saturated carbocycles. The first-order chi connectivity index (χ1) is 7.47. The number of hydrogen-bond acceptors (Lipinski definition) is 2. The largest absolute Gasteiger partial charge is 0.416 e. The first-order valence-corrected chi connectivity index (χ1v) is 5.05. The normalized spacial score (nSPS) is 26.0. The molecule has 0 radical (unpaired) electrons. The number of benzene rings is 1. The van der Waals surface area contributed by atoms with Crippen LogP contribution in [-0.4, -0.2) is 17.8 Å². The van der Waals surface area contributed by atoms with Gasteiger partial charge in [-0.2, -0.15) is 13.2 Å². The van der Waals surface area contributed by atoms with E-state index in [-0.39, 0.29) is 6.04 Å². The highest BCUT2D eigenvalue weighted by Gasteiger charge is 2.31. The molecule has 0 unspecified atom stereocenters. The molecular weight excluding hydrogens is 219 g/mol. The molecule has 5 heteroatoms. The number of alkyl halides is 3. The highest BCUT2D eigenvalue weighted by Crippen LogP contribution is 2.32. The van der Waals surface area contributed by atoms with Gasteiger partial charge in [0.05, 0.1) is 11.7 Å². The van der Waals surface area contributed by atoms with Gasteiger partial charge >= 0.3 is 6.18 Å². The molecule has 1 aromatic rings. The Morgan fingerprint density at radius 2 is 2.06 bits per heavy atom. The SMILES string of the molecule is O[C@@H]1CN[C@@H](c2cccc(C(F)(F)F)c2)C1. The Morgan fingerprint density at radius 1 is 1.31 bits per heavy atom. The number of β-amino-alcohol motifs (C(OH)–C–C–N with tert-alkyl or cyclic N) is 1. The molecule has 1 heterocycles. The predicted octanol–water partition coefficient (Wildman–Crippen LogP) is 2.10. The van der Waals surface area contributed by atoms with Crippen LogP contribution in [0, 0.1) is 0 Å². The zero-order chi connectivity index (χ0) is 11.8. The Kier molecular flexibility index (Phi) is 2.90. The summed E-state index contributed by atoms with van der Waals surface area (Å²) in [5.41, 5.74) is -0.0698. The third kappa shape index (κ3) is 2.36. The molecule has 1 saturated heterocycles. The summed E-state index contributed by atoms with van der Waals surface area (Å²) >= 11 is 0. The monoisotopic (exact) mass is 231 g/mol. The van der Waals surface area contributed by atoms with Crippen molar-refractivity contribution in [3.63, 3.8) is 0 Å². The molecule has 0 aromatic heterocycles. The number of aliphatic hydroxyl groups excluding tert-OH is 1. The van der Waals surface area contributed by atoms with E-state index >= 15 is 0 Å². The summed E-state index contributed by atoms with van der Waals surface area (Å²) < 4.78 is 37.4. The summed E-state index contributed by atoms with van der Waals surface area (Å²) in [6.07, 6.45) is -4.33. The molecule has 1 aromatic carbocycles. The second kappa shape index (κ2) is 4.07. The lowest BCUT2D eigenvalue weighted by molar-refractivity contribution is -0.137. The van der Waals surface area contributed by atoms with Gasteiger partial charge in [0.1, 0.15) is 0 Å². The molecule has 0 bridgehead atoms. The molecule has 1 aliphatic rings. The Labute approximate surface area is 91.1 Å². The fourth-order valence-electron chi connectivity index (χ4n) is 1.90. The highest BCUT2D eigenvalue weighted by molar-refractivity contribution is 5.28. The zero-order valence-corrected chi connectivity index (χ0v) is 8.46. The number of rotatable bonds is 1. The lowest BCUT2D eigenvalue weighted by Gasteiger charge is -2.13. The molecule has 16 heavy (non-hydrogen) atoms. The van der Waals surface area contributed by atoms with Crippen molar-refractivity contribution >= 4 is 0 Å². The average Bonchev–Trinajstić information content (AvgIpc) is 2.64. The lowest BCUT2D eigenvalue weighted by atomic mass is 10.0. The molecule has 0 spiro atoms. The Bertz CT molecular complexity index is 378. The summed E-state index contributed by atoms with van der Waals surface area (Å²) in [7, 11) is 0. The zero-order valence-electron chi connectivity index (χ0n) is 8.46. The summed E-state index contributed by atoms with van der Waals surface area (Å²) in [4.78, 5) is 0. The molecule has 88 valence electrons. The fourth-order valence-corrected chi connectivity index (χ4v) is 1.90. The predicted molar refractivity (Wildman–Crippen MR) is 52.8 cm³/mol. The van der Waals surface area contributed by atoms with Crippen LogP contribution in [-0.2, 0) is 6.18 Å². The van der Waals surface area contributed by atoms with E-state index in [1.54, 1.807) is 6.07 Å². The second-order valence-electron chi connectivity index (χ2n) is 3.97. The van der Waals surface area contributed by atoms with E-state index in [4.69, 9.17) is 0 Å². The van der Waals surface area contributed by atoms with Gasteiger partial charge in [-0.1, -0.05) is 12.1 Å². The minimum atomic E-state index is -4.31. The van der Waals surface area contributed by atoms with Crippen LogP contribution < -0.4 is 5.32 Å². The van der Waals surface area contributed by atoms with Crippen LogP contribution in [0.3, 0.4) is 0 Å². The lowest BCUT2D eigenvalue weighted by Crippen LogP contribution is -2.15. The van der Waals surface area contributed by atoms with Crippen molar-refractivity contribution in [3.8, 4) is 0 Å². The minimum absolute atomic E-state index is 0.183. The van der Waals surface area contributed by atoms with E-state index in [2.05, 4.69) is 5.32 Å². The fraction of sp³-hybridized carbons (Fsp3) is 0.455. The van der Waals surface area contributed by atoms with Gasteiger partial charge in [-0.05, 0) is 24.1 Å². The second-order valence-corrected chi connectivity index (χ2v) is 3.97. The molecular formula is C11H12F3NO. The van der Waals surface area contributed by atoms with Crippen LogP contribution in [0.5, 0.6) is 0 Å². The van der Waals surface area contributed by atoms with Crippen molar-refractivity contribution in [2.75, 3.05) is 6.54 Å². The Morgan fingerprint density at radius 3 is 2.62 bits per heavy atom. The quantitative estimate of drug-likeness (QED) is 0.775. The third-order valence-electron chi connectivity index (χ3n) is 2.72. The molecule has 2 rings (SSSR count). The first kappa shape index (κ1) is 11.4. The Balaban J connectivity index is 2.23. The van der Waals surface area contributed by atoms with Crippen molar-refractivity contribution in [1.82, 2.24) is 5.32 Å². The van der Waals surface area contributed by atoms with Crippen molar-refractivity contribution in [2.24, 2.45) is 0 Å². The van der Waals surface area contributed by atoms with Crippen LogP contribution in [0.1, 0.15) is 23.6 Å². The van der Waals surface area contributed by atoms with E-state index in [1.807, 2.05) is 0 Å². The average molecular weight is 231 g/mol. The van der Waals surface area contributed by atoms with E-state index in [1.165, 1.54) is 6.07 Å². The van der Waals surface area contributed by atoms with E-state index in [0.29, 0.717) is 18.5 Å². The summed E-state index contributed by atoms with van der Waals surface area (Å²) in [6.45, 7) is 0.431. The summed E-state index contributed by atoms with van der Waals surface area (Å²) in [5, 5.41) is 12.3. The van der Waals surface area contributed by atoms with Crippen LogP contribution in [0.25, 0.3) is 0 Å². The maximum atomic E-state index is 12.5. The van der Waals surface area contributed by atoms with Gasteiger partial charge in [0, 0.05) is 12.6 Å². The van der Waals surface area contributed by atoms with Gasteiger partial charge in [0.2, 0.25) is 0 Å². The number of halogens is 3. The Hall–Kier alpha value is -1.07. The van der Waals surface area contributed by atoms with E-state index in [9.17, 15) is 18.3 Å². The summed E-state index contributed by atoms with van der Waals surface area (Å²) in [6, 6.07) is 5.04. The molecule has 2 atom stereocenters. The number of hydrogen-bond donors (Lipinski definition) is 2. The van der Waals surface area contributed by atoms with E-state index < -0.39 is 17.8 Å². The van der Waals surface area contributed by atoms with Crippen LogP contribution in [0.4, 0.5) is 13.2 Å². The maximum absolute atomic E-state index is 12.5. The van der Waals surface area contributed by atoms with Gasteiger partial charge in [-0.15, -0.1) is 0 Å². The number of nitrogens with one attached hydrogen (secondary N) is 1. The van der Waals surface area contributed by atoms with E-state index in [0.717, 1.165) is 12.1 Å². The standard InChI is InChI=1S/C11H12F3NO/c12-11(13,14)8-3-1-2-7(4-8)10-5-9(16)6-15-10/h1-4,9-10,15-16H,5-6H2/t9-,10+/m0/s1. The van der Waals surface area contributed by atoms with Crippen LogP contribution in [0.2, 0.25) is 0 Å². The van der Waals surface area contributed by atoms with Crippen molar-refractivity contribution in [1.29, 1.82) is 0 Å². The minimum Gasteiger partial charge on any atom is -0.392 e. The smallest absolute Gasteiger partial charge is 0.392 e. The molecule has 1 fully saturated rings.